The highest BCUT2D eigenvalue weighted by Gasteiger charge is 2.57. The number of nitrogens with zero attached hydrogens (tertiary/aromatic N) is 1. The second kappa shape index (κ2) is 12.5. The van der Waals surface area contributed by atoms with Crippen LogP contribution >= 0.6 is 11.6 Å². The molecule has 0 bridgehead atoms. The van der Waals surface area contributed by atoms with Crippen LogP contribution in [0.25, 0.3) is 11.3 Å². The first kappa shape index (κ1) is 34.9. The Morgan fingerprint density at radius 2 is 1.85 bits per heavy atom. The maximum atomic E-state index is 14.9. The summed E-state index contributed by atoms with van der Waals surface area (Å²) in [5.74, 6) is -1.05. The number of carbonyl (C=O) groups excluding carboxylic acids is 1. The van der Waals surface area contributed by atoms with Gasteiger partial charge in [-0.25, -0.2) is 18.3 Å². The minimum absolute atomic E-state index is 0.0338. The Labute approximate surface area is 276 Å². The molecule has 3 N–H and O–H groups in total. The number of aliphatic hydroxyl groups is 1. The van der Waals surface area contributed by atoms with Gasteiger partial charge in [-0.1, -0.05) is 11.6 Å². The summed E-state index contributed by atoms with van der Waals surface area (Å²) in [6.07, 6.45) is -3.55. The van der Waals surface area contributed by atoms with Crippen LogP contribution in [-0.2, 0) is 22.1 Å². The summed E-state index contributed by atoms with van der Waals surface area (Å²) in [6, 6.07) is 8.64. The standard InChI is InChI=1S/C32H34ClF4N3O6S/c1-29(2,3)47(43)40-30(4)16-45-27-20(30)14-25(39-26(27)17-6-10-22(34)21(33)12-17)31(42,32(35,36)37)15-38-28(41)18-7-11-23(24(13-18)44-5)46-19-8-9-19/h6-7,10-14,19,40,42H,8-9,15-16H2,1-5H3,(H,38,41). The molecule has 0 radical (unpaired) electrons. The van der Waals surface area contributed by atoms with Gasteiger partial charge in [0.25, 0.3) is 5.91 Å². The lowest BCUT2D eigenvalue weighted by Crippen LogP contribution is -2.52. The van der Waals surface area contributed by atoms with Crippen LogP contribution in [0.2, 0.25) is 5.02 Å². The largest absolute Gasteiger partial charge is 0.493 e. The predicted molar refractivity (Wildman–Crippen MR) is 167 cm³/mol. The van der Waals surface area contributed by atoms with E-state index in [0.29, 0.717) is 5.75 Å². The van der Waals surface area contributed by atoms with E-state index in [-0.39, 0.29) is 51.6 Å². The van der Waals surface area contributed by atoms with E-state index in [9.17, 15) is 31.7 Å². The molecule has 1 amide bonds. The molecule has 254 valence electrons. The van der Waals surface area contributed by atoms with Gasteiger partial charge in [0.15, 0.2) is 17.2 Å². The molecule has 47 heavy (non-hydrogen) atoms. The highest BCUT2D eigenvalue weighted by molar-refractivity contribution is 7.84. The summed E-state index contributed by atoms with van der Waals surface area (Å²) in [6.45, 7) is 5.26. The van der Waals surface area contributed by atoms with Crippen molar-refractivity contribution in [2.75, 3.05) is 20.3 Å². The topological polar surface area (TPSA) is 119 Å². The number of alkyl halides is 3. The molecule has 1 fully saturated rings. The van der Waals surface area contributed by atoms with Gasteiger partial charge in [0.2, 0.25) is 5.60 Å². The molecular weight excluding hydrogens is 666 g/mol. The van der Waals surface area contributed by atoms with Crippen molar-refractivity contribution < 1.29 is 45.9 Å². The molecular formula is C32H34ClF4N3O6S. The van der Waals surface area contributed by atoms with E-state index >= 15 is 0 Å². The molecule has 3 unspecified atom stereocenters. The smallest absolute Gasteiger partial charge is 0.424 e. The van der Waals surface area contributed by atoms with E-state index < -0.39 is 57.0 Å². The van der Waals surface area contributed by atoms with Crippen molar-refractivity contribution in [3.8, 4) is 28.5 Å². The number of fused-ring (bicyclic) bond motifs is 1. The number of benzene rings is 2. The predicted octanol–water partition coefficient (Wildman–Crippen LogP) is 5.93. The molecule has 2 heterocycles. The van der Waals surface area contributed by atoms with Gasteiger partial charge >= 0.3 is 6.18 Å². The summed E-state index contributed by atoms with van der Waals surface area (Å²) in [5, 5.41) is 13.2. The van der Waals surface area contributed by atoms with Crippen LogP contribution in [0, 0.1) is 5.82 Å². The fourth-order valence-electron chi connectivity index (χ4n) is 4.79. The van der Waals surface area contributed by atoms with Gasteiger partial charge in [-0.2, -0.15) is 13.2 Å². The van der Waals surface area contributed by atoms with Crippen molar-refractivity contribution in [1.29, 1.82) is 0 Å². The number of hydrogen-bond acceptors (Lipinski definition) is 7. The summed E-state index contributed by atoms with van der Waals surface area (Å²) in [5.41, 5.74) is -5.90. The normalized spacial score (nSPS) is 19.7. The van der Waals surface area contributed by atoms with E-state index in [2.05, 4.69) is 15.0 Å². The van der Waals surface area contributed by atoms with Crippen molar-refractivity contribution in [1.82, 2.24) is 15.0 Å². The lowest BCUT2D eigenvalue weighted by molar-refractivity contribution is -0.265. The zero-order valence-electron chi connectivity index (χ0n) is 26.2. The summed E-state index contributed by atoms with van der Waals surface area (Å²) in [7, 11) is -0.325. The Morgan fingerprint density at radius 1 is 1.15 bits per heavy atom. The molecule has 0 spiro atoms. The highest BCUT2D eigenvalue weighted by atomic mass is 35.5. The van der Waals surface area contributed by atoms with Crippen LogP contribution in [-0.4, -0.2) is 57.5 Å². The maximum Gasteiger partial charge on any atom is 0.424 e. The Hall–Kier alpha value is -3.46. The average molecular weight is 700 g/mol. The number of pyridine rings is 1. The summed E-state index contributed by atoms with van der Waals surface area (Å²) >= 11 is 6.00. The third-order valence-corrected chi connectivity index (χ3v) is 9.82. The number of hydrogen-bond donors (Lipinski definition) is 3. The minimum atomic E-state index is -5.35. The number of nitrogens with one attached hydrogen (secondary N) is 2. The van der Waals surface area contributed by atoms with Gasteiger partial charge < -0.3 is 24.6 Å². The maximum absolute atomic E-state index is 14.9. The number of rotatable bonds is 10. The van der Waals surface area contributed by atoms with E-state index in [1.807, 2.05) is 0 Å². The Balaban J connectivity index is 1.56. The van der Waals surface area contributed by atoms with Crippen molar-refractivity contribution in [3.05, 3.63) is 70.1 Å². The van der Waals surface area contributed by atoms with Crippen LogP contribution in [0.15, 0.2) is 42.5 Å². The fraction of sp³-hybridized carbons (Fsp3) is 0.438. The van der Waals surface area contributed by atoms with Gasteiger partial charge in [-0.05, 0) is 83.0 Å². The molecule has 1 aromatic heterocycles. The summed E-state index contributed by atoms with van der Waals surface area (Å²) in [4.78, 5) is 17.3. The zero-order chi connectivity index (χ0) is 34.5. The van der Waals surface area contributed by atoms with Crippen LogP contribution in [0.1, 0.15) is 62.2 Å². The SMILES string of the molecule is COc1cc(C(=O)NCC(O)(c2cc3c(c(-c4ccc(F)c(Cl)c4)n2)OCC3(C)NS(=O)C(C)(C)C)C(F)(F)F)ccc1OC1CC1. The Morgan fingerprint density at radius 3 is 2.45 bits per heavy atom. The molecule has 5 rings (SSSR count). The molecule has 2 aliphatic rings. The average Bonchev–Trinajstić information content (AvgIpc) is 3.76. The van der Waals surface area contributed by atoms with Gasteiger partial charge in [0, 0.05) is 16.7 Å². The third-order valence-electron chi connectivity index (χ3n) is 7.78. The van der Waals surface area contributed by atoms with Gasteiger partial charge in [-0.15, -0.1) is 0 Å². The molecule has 3 atom stereocenters. The number of carbonyl (C=O) groups is 1. The third kappa shape index (κ3) is 7.06. The van der Waals surface area contributed by atoms with Crippen molar-refractivity contribution in [3.63, 3.8) is 0 Å². The number of methoxy groups -OCH3 is 1. The molecule has 1 saturated carbocycles. The van der Waals surface area contributed by atoms with Crippen molar-refractivity contribution in [2.45, 2.75) is 68.7 Å². The molecule has 3 aromatic rings. The molecule has 15 heteroatoms. The first-order chi connectivity index (χ1) is 21.9. The molecule has 2 aromatic carbocycles. The van der Waals surface area contributed by atoms with Crippen LogP contribution in [0.5, 0.6) is 17.2 Å². The van der Waals surface area contributed by atoms with Crippen LogP contribution < -0.4 is 24.2 Å². The van der Waals surface area contributed by atoms with Gasteiger partial charge in [0.1, 0.15) is 18.1 Å². The van der Waals surface area contributed by atoms with Crippen molar-refractivity contribution in [2.24, 2.45) is 0 Å². The molecule has 1 aliphatic carbocycles. The quantitative estimate of drug-likeness (QED) is 0.225. The molecule has 0 saturated heterocycles. The number of ether oxygens (including phenoxy) is 3. The monoisotopic (exact) mass is 699 g/mol. The van der Waals surface area contributed by atoms with E-state index in [1.165, 1.54) is 37.4 Å². The first-order valence-corrected chi connectivity index (χ1v) is 16.1. The molecule has 1 aliphatic heterocycles. The second-order valence-corrected chi connectivity index (χ2v) is 15.1. The fourth-order valence-corrected chi connectivity index (χ4v) is 5.86. The minimum Gasteiger partial charge on any atom is -0.493 e. The highest BCUT2D eigenvalue weighted by Crippen LogP contribution is 2.47. The second-order valence-electron chi connectivity index (χ2n) is 12.7. The lowest BCUT2D eigenvalue weighted by atomic mass is 9.89. The zero-order valence-corrected chi connectivity index (χ0v) is 27.8. The number of aromatic nitrogens is 1. The van der Waals surface area contributed by atoms with Gasteiger partial charge in [-0.3, -0.25) is 4.79 Å². The number of amides is 1. The Kier molecular flexibility index (Phi) is 9.29. The molecule has 9 nitrogen and oxygen atoms in total. The Bertz CT molecular complexity index is 1730. The first-order valence-electron chi connectivity index (χ1n) is 14.6. The lowest BCUT2D eigenvalue weighted by Gasteiger charge is -2.32. The van der Waals surface area contributed by atoms with E-state index in [4.69, 9.17) is 25.8 Å². The van der Waals surface area contributed by atoms with E-state index in [1.54, 1.807) is 27.7 Å². The van der Waals surface area contributed by atoms with Crippen LogP contribution in [0.3, 0.4) is 0 Å². The van der Waals surface area contributed by atoms with Gasteiger partial charge in [0.05, 0.1) is 51.7 Å². The van der Waals surface area contributed by atoms with E-state index in [0.717, 1.165) is 25.0 Å². The van der Waals surface area contributed by atoms with Crippen LogP contribution in [0.4, 0.5) is 17.6 Å². The number of halogens is 5. The van der Waals surface area contributed by atoms with Crippen molar-refractivity contribution >= 4 is 28.5 Å². The summed E-state index contributed by atoms with van der Waals surface area (Å²) < 4.78 is 90.9.